The Kier molecular flexibility index (Phi) is 5.50. The molecule has 7 nitrogen and oxygen atoms in total. The van der Waals surface area contributed by atoms with Gasteiger partial charge in [0.2, 0.25) is 5.82 Å². The second-order valence-corrected chi connectivity index (χ2v) is 9.55. The molecular formula is C27H23N5O2S. The van der Waals surface area contributed by atoms with Crippen LogP contribution in [0.1, 0.15) is 15.2 Å². The molecule has 8 heteroatoms. The predicted molar refractivity (Wildman–Crippen MR) is 138 cm³/mol. The van der Waals surface area contributed by atoms with Gasteiger partial charge >= 0.3 is 0 Å². The number of carbonyl (C=O) groups is 1. The first-order chi connectivity index (χ1) is 17.2. The molecule has 1 aliphatic heterocycles. The van der Waals surface area contributed by atoms with Crippen LogP contribution in [0.3, 0.4) is 0 Å². The summed E-state index contributed by atoms with van der Waals surface area (Å²) in [7, 11) is 0. The van der Waals surface area contributed by atoms with E-state index in [1.54, 1.807) is 0 Å². The van der Waals surface area contributed by atoms with Crippen LogP contribution in [-0.4, -0.2) is 52.1 Å². The molecule has 6 rings (SSSR count). The lowest BCUT2D eigenvalue weighted by Gasteiger charge is -2.36. The van der Waals surface area contributed by atoms with Gasteiger partial charge in [0.25, 0.3) is 11.8 Å². The quantitative estimate of drug-likeness (QED) is 0.347. The van der Waals surface area contributed by atoms with Gasteiger partial charge in [-0.15, -0.1) is 11.3 Å². The maximum atomic E-state index is 12.8. The summed E-state index contributed by atoms with van der Waals surface area (Å²) < 4.78 is 5.61. The van der Waals surface area contributed by atoms with E-state index in [0.717, 1.165) is 38.3 Å². The Balaban J connectivity index is 1.35. The van der Waals surface area contributed by atoms with Gasteiger partial charge in [-0.2, -0.15) is 4.98 Å². The van der Waals surface area contributed by atoms with Crippen LogP contribution in [0, 0.1) is 6.92 Å². The molecule has 5 aromatic rings. The molecule has 1 amide bonds. The molecule has 0 N–H and O–H groups in total. The zero-order valence-electron chi connectivity index (χ0n) is 19.2. The van der Waals surface area contributed by atoms with Gasteiger partial charge in [0, 0.05) is 37.1 Å². The van der Waals surface area contributed by atoms with E-state index in [0.29, 0.717) is 37.9 Å². The molecule has 0 unspecified atom stereocenters. The minimum absolute atomic E-state index is 0.0903. The highest BCUT2D eigenvalue weighted by Crippen LogP contribution is 2.33. The molecule has 0 radical (unpaired) electrons. The van der Waals surface area contributed by atoms with Crippen LogP contribution in [0.4, 0.5) is 5.82 Å². The molecule has 1 fully saturated rings. The van der Waals surface area contributed by atoms with Gasteiger partial charge in [0.1, 0.15) is 5.82 Å². The monoisotopic (exact) mass is 481 g/mol. The summed E-state index contributed by atoms with van der Waals surface area (Å²) in [6, 6.07) is 21.9. The summed E-state index contributed by atoms with van der Waals surface area (Å²) in [5.41, 5.74) is 3.78. The van der Waals surface area contributed by atoms with Crippen molar-refractivity contribution < 1.29 is 9.32 Å². The third-order valence-electron chi connectivity index (χ3n) is 6.24. The van der Waals surface area contributed by atoms with E-state index in [2.05, 4.69) is 35.2 Å². The Labute approximate surface area is 206 Å². The van der Waals surface area contributed by atoms with E-state index in [1.807, 2.05) is 58.8 Å². The summed E-state index contributed by atoms with van der Waals surface area (Å²) in [5, 5.41) is 7.27. The first-order valence-corrected chi connectivity index (χ1v) is 12.4. The third kappa shape index (κ3) is 4.17. The van der Waals surface area contributed by atoms with E-state index in [1.165, 1.54) is 11.3 Å². The van der Waals surface area contributed by atoms with Crippen molar-refractivity contribution in [2.24, 2.45) is 0 Å². The molecule has 174 valence electrons. The number of pyridine rings is 1. The highest BCUT2D eigenvalue weighted by Gasteiger charge is 2.26. The number of benzene rings is 2. The van der Waals surface area contributed by atoms with Gasteiger partial charge in [0.15, 0.2) is 0 Å². The van der Waals surface area contributed by atoms with E-state index < -0.39 is 0 Å². The lowest BCUT2D eigenvalue weighted by atomic mass is 10.1. The van der Waals surface area contributed by atoms with Crippen molar-refractivity contribution in [3.8, 4) is 22.8 Å². The van der Waals surface area contributed by atoms with Crippen LogP contribution in [0.5, 0.6) is 0 Å². The second-order valence-electron chi connectivity index (χ2n) is 8.60. The fraction of sp³-hybridized carbons (Fsp3) is 0.185. The summed E-state index contributed by atoms with van der Waals surface area (Å²) in [6.45, 7) is 4.69. The number of anilines is 1. The smallest absolute Gasteiger partial charge is 0.264 e. The number of rotatable bonds is 4. The van der Waals surface area contributed by atoms with Crippen LogP contribution in [0.15, 0.2) is 76.6 Å². The van der Waals surface area contributed by atoms with Crippen molar-refractivity contribution in [3.63, 3.8) is 0 Å². The Hall–Kier alpha value is -4.04. The highest BCUT2D eigenvalue weighted by atomic mass is 32.1. The molecule has 0 bridgehead atoms. The fourth-order valence-electron chi connectivity index (χ4n) is 4.40. The standard InChI is InChI=1S/C27H23N5O2S/c1-18-9-10-22-20(16-18)17-21(24-29-26(34-30-24)19-6-3-2-4-7-19)25(28-22)31-11-13-32(14-12-31)27(33)23-8-5-15-35-23/h2-10,15-17H,11-14H2,1H3. The Morgan fingerprint density at radius 3 is 2.54 bits per heavy atom. The zero-order valence-corrected chi connectivity index (χ0v) is 20.0. The number of aryl methyl sites for hydroxylation is 1. The van der Waals surface area contributed by atoms with Gasteiger partial charge in [-0.05, 0) is 48.7 Å². The second kappa shape index (κ2) is 8.96. The minimum Gasteiger partial charge on any atom is -0.352 e. The average molecular weight is 482 g/mol. The largest absolute Gasteiger partial charge is 0.352 e. The first kappa shape index (κ1) is 21.5. The molecule has 2 aromatic carbocycles. The third-order valence-corrected chi connectivity index (χ3v) is 7.09. The van der Waals surface area contributed by atoms with Crippen molar-refractivity contribution in [1.29, 1.82) is 0 Å². The van der Waals surface area contributed by atoms with Crippen molar-refractivity contribution in [1.82, 2.24) is 20.0 Å². The van der Waals surface area contributed by atoms with Crippen molar-refractivity contribution in [2.75, 3.05) is 31.1 Å². The number of nitrogens with zero attached hydrogens (tertiary/aromatic N) is 5. The van der Waals surface area contributed by atoms with Crippen LogP contribution >= 0.6 is 11.3 Å². The van der Waals surface area contributed by atoms with Gasteiger partial charge in [0.05, 0.1) is 16.0 Å². The lowest BCUT2D eigenvalue weighted by Crippen LogP contribution is -2.49. The molecular weight excluding hydrogens is 458 g/mol. The van der Waals surface area contributed by atoms with Crippen LogP contribution in [0.25, 0.3) is 33.7 Å². The Morgan fingerprint density at radius 1 is 0.943 bits per heavy atom. The molecule has 0 saturated carbocycles. The van der Waals surface area contributed by atoms with Crippen LogP contribution in [0.2, 0.25) is 0 Å². The summed E-state index contributed by atoms with van der Waals surface area (Å²) in [5.74, 6) is 1.88. The summed E-state index contributed by atoms with van der Waals surface area (Å²) in [4.78, 5) is 27.4. The van der Waals surface area contributed by atoms with Crippen molar-refractivity contribution in [2.45, 2.75) is 6.92 Å². The summed E-state index contributed by atoms with van der Waals surface area (Å²) in [6.07, 6.45) is 0. The van der Waals surface area contributed by atoms with E-state index in [-0.39, 0.29) is 5.91 Å². The molecule has 0 spiro atoms. The first-order valence-electron chi connectivity index (χ1n) is 11.5. The number of piperazine rings is 1. The number of carbonyl (C=O) groups excluding carboxylic acids is 1. The minimum atomic E-state index is 0.0903. The van der Waals surface area contributed by atoms with Gasteiger partial charge in [-0.25, -0.2) is 4.98 Å². The van der Waals surface area contributed by atoms with Gasteiger partial charge in [-0.3, -0.25) is 4.79 Å². The maximum Gasteiger partial charge on any atom is 0.264 e. The topological polar surface area (TPSA) is 75.4 Å². The number of hydrogen-bond donors (Lipinski definition) is 0. The lowest BCUT2D eigenvalue weighted by molar-refractivity contribution is 0.0751. The zero-order chi connectivity index (χ0) is 23.8. The van der Waals surface area contributed by atoms with E-state index in [9.17, 15) is 4.79 Å². The number of fused-ring (bicyclic) bond motifs is 1. The number of hydrogen-bond acceptors (Lipinski definition) is 7. The SMILES string of the molecule is Cc1ccc2nc(N3CCN(C(=O)c4cccs4)CC3)c(-c3noc(-c4ccccc4)n3)cc2c1. The van der Waals surface area contributed by atoms with E-state index >= 15 is 0 Å². The van der Waals surface area contributed by atoms with Gasteiger partial charge in [-0.1, -0.05) is 41.1 Å². The summed E-state index contributed by atoms with van der Waals surface area (Å²) >= 11 is 1.48. The Morgan fingerprint density at radius 2 is 1.77 bits per heavy atom. The fourth-order valence-corrected chi connectivity index (χ4v) is 5.09. The molecule has 1 saturated heterocycles. The highest BCUT2D eigenvalue weighted by molar-refractivity contribution is 7.12. The average Bonchev–Trinajstić information content (AvgIpc) is 3.61. The molecule has 0 aliphatic carbocycles. The van der Waals surface area contributed by atoms with Crippen molar-refractivity contribution in [3.05, 3.63) is 82.6 Å². The molecule has 1 aliphatic rings. The molecule has 0 atom stereocenters. The number of amides is 1. The normalized spacial score (nSPS) is 14.0. The Bertz CT molecular complexity index is 1490. The van der Waals surface area contributed by atoms with Crippen LogP contribution in [-0.2, 0) is 0 Å². The number of aromatic nitrogens is 3. The van der Waals surface area contributed by atoms with E-state index in [4.69, 9.17) is 14.5 Å². The molecule has 3 aromatic heterocycles. The number of thiophene rings is 1. The maximum absolute atomic E-state index is 12.8. The van der Waals surface area contributed by atoms with Gasteiger partial charge < -0.3 is 14.3 Å². The predicted octanol–water partition coefficient (Wildman–Crippen LogP) is 5.28. The van der Waals surface area contributed by atoms with Crippen LogP contribution < -0.4 is 4.90 Å². The molecule has 4 heterocycles. The molecule has 35 heavy (non-hydrogen) atoms. The van der Waals surface area contributed by atoms with Crippen molar-refractivity contribution >= 4 is 34.0 Å².